The van der Waals surface area contributed by atoms with E-state index in [-0.39, 0.29) is 23.6 Å². The summed E-state index contributed by atoms with van der Waals surface area (Å²) in [6.07, 6.45) is -4.47. The molecule has 0 atom stereocenters. The first kappa shape index (κ1) is 23.1. The smallest absolute Gasteiger partial charge is 0.416 e. The monoisotopic (exact) mass is 463 g/mol. The molecule has 0 saturated carbocycles. The van der Waals surface area contributed by atoms with Crippen molar-refractivity contribution in [1.29, 1.82) is 0 Å². The molecule has 32 heavy (non-hydrogen) atoms. The Hall–Kier alpha value is -3.52. The Labute approximate surface area is 186 Å². The van der Waals surface area contributed by atoms with Crippen LogP contribution in [0.25, 0.3) is 0 Å². The summed E-state index contributed by atoms with van der Waals surface area (Å²) in [7, 11) is 0. The Morgan fingerprint density at radius 2 is 1.56 bits per heavy atom. The average Bonchev–Trinajstić information content (AvgIpc) is 2.77. The van der Waals surface area contributed by atoms with Gasteiger partial charge in [-0.1, -0.05) is 41.9 Å². The van der Waals surface area contributed by atoms with E-state index in [0.29, 0.717) is 5.02 Å². The molecule has 1 N–H and O–H groups in total. The number of rotatable bonds is 7. The highest BCUT2D eigenvalue weighted by Gasteiger charge is 2.30. The highest BCUT2D eigenvalue weighted by Crippen LogP contribution is 2.29. The SMILES string of the molecule is O=C(COC(=O)c1ccccc1OCc1ccccc1Cl)Nc1ccc(C(F)(F)F)cc1. The molecular weight excluding hydrogens is 447 g/mol. The number of para-hydroxylation sites is 1. The van der Waals surface area contributed by atoms with Gasteiger partial charge >= 0.3 is 12.1 Å². The van der Waals surface area contributed by atoms with Gasteiger partial charge in [-0.25, -0.2) is 4.79 Å². The van der Waals surface area contributed by atoms with E-state index in [1.807, 2.05) is 0 Å². The zero-order chi connectivity index (χ0) is 23.1. The molecule has 166 valence electrons. The fourth-order valence-corrected chi connectivity index (χ4v) is 2.87. The van der Waals surface area contributed by atoms with E-state index in [1.54, 1.807) is 42.5 Å². The van der Waals surface area contributed by atoms with Crippen LogP contribution in [0.1, 0.15) is 21.5 Å². The van der Waals surface area contributed by atoms with E-state index in [4.69, 9.17) is 21.1 Å². The van der Waals surface area contributed by atoms with Gasteiger partial charge in [0.15, 0.2) is 6.61 Å². The van der Waals surface area contributed by atoms with Gasteiger partial charge < -0.3 is 14.8 Å². The number of ether oxygens (including phenoxy) is 2. The van der Waals surface area contributed by atoms with E-state index in [9.17, 15) is 22.8 Å². The van der Waals surface area contributed by atoms with Gasteiger partial charge in [0.1, 0.15) is 17.9 Å². The molecule has 0 fully saturated rings. The largest absolute Gasteiger partial charge is 0.488 e. The molecule has 0 heterocycles. The minimum atomic E-state index is -4.47. The highest BCUT2D eigenvalue weighted by molar-refractivity contribution is 6.31. The number of alkyl halides is 3. The van der Waals surface area contributed by atoms with Gasteiger partial charge in [0, 0.05) is 16.3 Å². The number of esters is 1. The molecule has 0 saturated heterocycles. The van der Waals surface area contributed by atoms with Crippen molar-refractivity contribution in [1.82, 2.24) is 0 Å². The lowest BCUT2D eigenvalue weighted by atomic mass is 10.2. The maximum absolute atomic E-state index is 12.6. The number of hydrogen-bond donors (Lipinski definition) is 1. The second-order valence-corrected chi connectivity index (χ2v) is 6.98. The van der Waals surface area contributed by atoms with E-state index in [2.05, 4.69) is 5.32 Å². The number of benzene rings is 3. The minimum absolute atomic E-state index is 0.113. The number of carbonyl (C=O) groups is 2. The first-order chi connectivity index (χ1) is 15.2. The van der Waals surface area contributed by atoms with Crippen molar-refractivity contribution in [3.63, 3.8) is 0 Å². The number of amides is 1. The van der Waals surface area contributed by atoms with Gasteiger partial charge in [-0.15, -0.1) is 0 Å². The lowest BCUT2D eigenvalue weighted by molar-refractivity contribution is -0.137. The molecule has 0 spiro atoms. The Morgan fingerprint density at radius 1 is 0.906 bits per heavy atom. The summed E-state index contributed by atoms with van der Waals surface area (Å²) in [4.78, 5) is 24.4. The minimum Gasteiger partial charge on any atom is -0.488 e. The molecule has 0 aliphatic rings. The maximum Gasteiger partial charge on any atom is 0.416 e. The Bertz CT molecular complexity index is 1100. The van der Waals surface area contributed by atoms with E-state index < -0.39 is 30.2 Å². The standard InChI is InChI=1S/C23H17ClF3NO4/c24-19-7-3-1-5-15(19)13-31-20-8-4-2-6-18(20)22(30)32-14-21(29)28-17-11-9-16(10-12-17)23(25,26)27/h1-12H,13-14H2,(H,28,29). The molecule has 3 aromatic carbocycles. The quantitative estimate of drug-likeness (QED) is 0.454. The van der Waals surface area contributed by atoms with Crippen LogP contribution < -0.4 is 10.1 Å². The average molecular weight is 464 g/mol. The van der Waals surface area contributed by atoms with Crippen molar-refractivity contribution >= 4 is 29.2 Å². The predicted octanol–water partition coefficient (Wildman–Crippen LogP) is 5.73. The van der Waals surface area contributed by atoms with Crippen molar-refractivity contribution in [3.8, 4) is 5.75 Å². The second kappa shape index (κ2) is 10.2. The number of nitrogens with one attached hydrogen (secondary N) is 1. The molecule has 0 radical (unpaired) electrons. The summed E-state index contributed by atoms with van der Waals surface area (Å²) in [5.41, 5.74) is 0.146. The van der Waals surface area contributed by atoms with E-state index in [0.717, 1.165) is 29.8 Å². The van der Waals surface area contributed by atoms with Crippen LogP contribution in [0.3, 0.4) is 0 Å². The lowest BCUT2D eigenvalue weighted by Gasteiger charge is -2.12. The topological polar surface area (TPSA) is 64.6 Å². The summed E-state index contributed by atoms with van der Waals surface area (Å²) < 4.78 is 48.5. The number of carbonyl (C=O) groups excluding carboxylic acids is 2. The maximum atomic E-state index is 12.6. The molecule has 3 rings (SSSR count). The summed E-state index contributed by atoms with van der Waals surface area (Å²) in [5, 5.41) is 2.89. The van der Waals surface area contributed by atoms with Gasteiger partial charge in [0.2, 0.25) is 0 Å². The summed E-state index contributed by atoms with van der Waals surface area (Å²) >= 11 is 6.10. The predicted molar refractivity (Wildman–Crippen MR) is 113 cm³/mol. The van der Waals surface area contributed by atoms with Crippen LogP contribution in [0.4, 0.5) is 18.9 Å². The van der Waals surface area contributed by atoms with Crippen molar-refractivity contribution in [3.05, 3.63) is 94.5 Å². The molecule has 0 unspecified atom stereocenters. The molecule has 0 aliphatic heterocycles. The van der Waals surface area contributed by atoms with Gasteiger partial charge in [-0.3, -0.25) is 4.79 Å². The van der Waals surface area contributed by atoms with Crippen LogP contribution >= 0.6 is 11.6 Å². The lowest BCUT2D eigenvalue weighted by Crippen LogP contribution is -2.21. The summed E-state index contributed by atoms with van der Waals surface area (Å²) in [6, 6.07) is 17.4. The molecule has 0 aromatic heterocycles. The number of anilines is 1. The normalized spacial score (nSPS) is 11.0. The van der Waals surface area contributed by atoms with Crippen LogP contribution in [0.5, 0.6) is 5.75 Å². The van der Waals surface area contributed by atoms with Crippen molar-refractivity contribution in [2.75, 3.05) is 11.9 Å². The van der Waals surface area contributed by atoms with Gasteiger partial charge in [0.25, 0.3) is 5.91 Å². The second-order valence-electron chi connectivity index (χ2n) is 6.58. The third-order valence-electron chi connectivity index (χ3n) is 4.28. The zero-order valence-electron chi connectivity index (χ0n) is 16.5. The molecular formula is C23H17ClF3NO4. The van der Waals surface area contributed by atoms with Crippen LogP contribution in [0.15, 0.2) is 72.8 Å². The van der Waals surface area contributed by atoms with Gasteiger partial charge in [-0.05, 0) is 42.5 Å². The van der Waals surface area contributed by atoms with Gasteiger partial charge in [0.05, 0.1) is 5.56 Å². The van der Waals surface area contributed by atoms with E-state index in [1.165, 1.54) is 6.07 Å². The Balaban J connectivity index is 1.57. The highest BCUT2D eigenvalue weighted by atomic mass is 35.5. The van der Waals surface area contributed by atoms with Crippen LogP contribution in [0.2, 0.25) is 5.02 Å². The first-order valence-electron chi connectivity index (χ1n) is 9.33. The number of hydrogen-bond acceptors (Lipinski definition) is 4. The van der Waals surface area contributed by atoms with Crippen molar-refractivity contribution < 1.29 is 32.2 Å². The first-order valence-corrected chi connectivity index (χ1v) is 9.71. The van der Waals surface area contributed by atoms with Gasteiger partial charge in [-0.2, -0.15) is 13.2 Å². The Kier molecular flexibility index (Phi) is 7.37. The fourth-order valence-electron chi connectivity index (χ4n) is 2.68. The molecule has 5 nitrogen and oxygen atoms in total. The summed E-state index contributed by atoms with van der Waals surface area (Å²) in [6.45, 7) is -0.503. The van der Waals surface area contributed by atoms with Crippen molar-refractivity contribution in [2.45, 2.75) is 12.8 Å². The van der Waals surface area contributed by atoms with Crippen LogP contribution in [-0.4, -0.2) is 18.5 Å². The molecule has 0 aliphatic carbocycles. The van der Waals surface area contributed by atoms with Crippen LogP contribution in [0, 0.1) is 0 Å². The van der Waals surface area contributed by atoms with E-state index >= 15 is 0 Å². The Morgan fingerprint density at radius 3 is 2.25 bits per heavy atom. The third kappa shape index (κ3) is 6.24. The molecule has 9 heteroatoms. The molecule has 1 amide bonds. The summed E-state index contributed by atoms with van der Waals surface area (Å²) in [5.74, 6) is -1.24. The third-order valence-corrected chi connectivity index (χ3v) is 4.65. The number of halogens is 4. The zero-order valence-corrected chi connectivity index (χ0v) is 17.2. The van der Waals surface area contributed by atoms with Crippen LogP contribution in [-0.2, 0) is 22.3 Å². The molecule has 0 bridgehead atoms. The van der Waals surface area contributed by atoms with Crippen molar-refractivity contribution in [2.24, 2.45) is 0 Å². The fraction of sp³-hybridized carbons (Fsp3) is 0.130. The molecule has 3 aromatic rings.